The van der Waals surface area contributed by atoms with Gasteiger partial charge in [-0.05, 0) is 67.8 Å². The summed E-state index contributed by atoms with van der Waals surface area (Å²) in [5.74, 6) is 2.09. The molecule has 0 spiro atoms. The SMILES string of the molecule is CCOc1ccc(/C=C2\Oc3c(cc4c(c3C)OCN(CCc3ccc(F)cc3)C4)C2=O)cc1. The van der Waals surface area contributed by atoms with E-state index in [-0.39, 0.29) is 11.6 Å². The van der Waals surface area contributed by atoms with Crippen molar-refractivity contribution in [1.29, 1.82) is 0 Å². The standard InChI is InChI=1S/C28H26FNO4/c1-3-32-23-10-6-20(7-11-23)14-25-26(31)24-15-21-16-30(13-12-19-4-8-22(29)9-5-19)17-33-27(21)18(2)28(24)34-25/h4-11,14-15H,3,12-13,16-17H2,1-2H3/b25-14-. The largest absolute Gasteiger partial charge is 0.494 e. The number of carbonyl (C=O) groups excluding carboxylic acids is 1. The zero-order valence-electron chi connectivity index (χ0n) is 19.3. The van der Waals surface area contributed by atoms with Crippen LogP contribution in [0.1, 0.15) is 39.5 Å². The van der Waals surface area contributed by atoms with E-state index >= 15 is 0 Å². The van der Waals surface area contributed by atoms with Gasteiger partial charge in [0.25, 0.3) is 0 Å². The summed E-state index contributed by atoms with van der Waals surface area (Å²) >= 11 is 0. The lowest BCUT2D eigenvalue weighted by atomic mass is 10.00. The Morgan fingerprint density at radius 3 is 2.59 bits per heavy atom. The first-order valence-electron chi connectivity index (χ1n) is 11.4. The predicted molar refractivity (Wildman–Crippen MR) is 128 cm³/mol. The first-order chi connectivity index (χ1) is 16.5. The van der Waals surface area contributed by atoms with Crippen molar-refractivity contribution >= 4 is 11.9 Å². The summed E-state index contributed by atoms with van der Waals surface area (Å²) in [6.07, 6.45) is 2.55. The number of carbonyl (C=O) groups is 1. The van der Waals surface area contributed by atoms with E-state index in [9.17, 15) is 9.18 Å². The Balaban J connectivity index is 1.32. The molecule has 174 valence electrons. The van der Waals surface area contributed by atoms with Crippen LogP contribution >= 0.6 is 0 Å². The van der Waals surface area contributed by atoms with Crippen molar-refractivity contribution in [2.45, 2.75) is 26.8 Å². The topological polar surface area (TPSA) is 48.0 Å². The first kappa shape index (κ1) is 22.2. The van der Waals surface area contributed by atoms with Crippen LogP contribution in [0.3, 0.4) is 0 Å². The molecule has 0 saturated carbocycles. The highest BCUT2D eigenvalue weighted by Gasteiger charge is 2.33. The van der Waals surface area contributed by atoms with E-state index in [0.29, 0.717) is 37.0 Å². The van der Waals surface area contributed by atoms with Gasteiger partial charge in [-0.2, -0.15) is 0 Å². The predicted octanol–water partition coefficient (Wildman–Crippen LogP) is 5.54. The average molecular weight is 460 g/mol. The normalized spacial score (nSPS) is 16.1. The molecule has 0 amide bonds. The molecule has 2 aliphatic heterocycles. The molecule has 0 fully saturated rings. The van der Waals surface area contributed by atoms with Gasteiger partial charge in [0.05, 0.1) is 12.2 Å². The number of halogens is 1. The summed E-state index contributed by atoms with van der Waals surface area (Å²) in [6.45, 7) is 6.38. The zero-order valence-corrected chi connectivity index (χ0v) is 19.3. The minimum absolute atomic E-state index is 0.127. The lowest BCUT2D eigenvalue weighted by Gasteiger charge is -2.30. The van der Waals surface area contributed by atoms with Crippen molar-refractivity contribution < 1.29 is 23.4 Å². The zero-order chi connectivity index (χ0) is 23.7. The maximum atomic E-state index is 13.1. The number of Topliss-reactive ketones (excluding diaryl/α,β-unsaturated/α-hetero) is 1. The quantitative estimate of drug-likeness (QED) is 0.453. The Labute approximate surface area is 198 Å². The molecule has 2 aliphatic rings. The molecular formula is C28H26FNO4. The number of allylic oxidation sites excluding steroid dienone is 1. The molecule has 0 unspecified atom stereocenters. The Bertz CT molecular complexity index is 1250. The minimum atomic E-state index is -0.230. The molecule has 3 aromatic carbocycles. The van der Waals surface area contributed by atoms with Crippen LogP contribution in [0.25, 0.3) is 6.08 Å². The van der Waals surface area contributed by atoms with Crippen molar-refractivity contribution in [2.24, 2.45) is 0 Å². The molecule has 3 aromatic rings. The highest BCUT2D eigenvalue weighted by atomic mass is 19.1. The van der Waals surface area contributed by atoms with Crippen molar-refractivity contribution in [2.75, 3.05) is 19.9 Å². The van der Waals surface area contributed by atoms with Crippen LogP contribution in [-0.2, 0) is 13.0 Å². The summed E-state index contributed by atoms with van der Waals surface area (Å²) in [7, 11) is 0. The molecule has 5 rings (SSSR count). The highest BCUT2D eigenvalue weighted by Crippen LogP contribution is 2.43. The number of rotatable bonds is 6. The van der Waals surface area contributed by atoms with Crippen LogP contribution in [0.15, 0.2) is 60.4 Å². The van der Waals surface area contributed by atoms with Gasteiger partial charge in [0.1, 0.15) is 29.8 Å². The number of hydrogen-bond acceptors (Lipinski definition) is 5. The second-order valence-corrected chi connectivity index (χ2v) is 8.51. The fourth-order valence-electron chi connectivity index (χ4n) is 4.36. The number of fused-ring (bicyclic) bond motifs is 2. The lowest BCUT2D eigenvalue weighted by Crippen LogP contribution is -2.34. The Morgan fingerprint density at radius 1 is 1.09 bits per heavy atom. The Morgan fingerprint density at radius 2 is 1.85 bits per heavy atom. The maximum absolute atomic E-state index is 13.1. The summed E-state index contributed by atoms with van der Waals surface area (Å²) in [4.78, 5) is 15.3. The van der Waals surface area contributed by atoms with Crippen molar-refractivity contribution in [3.8, 4) is 17.2 Å². The van der Waals surface area contributed by atoms with E-state index in [2.05, 4.69) is 4.90 Å². The van der Waals surface area contributed by atoms with E-state index < -0.39 is 0 Å². The third-order valence-electron chi connectivity index (χ3n) is 6.12. The van der Waals surface area contributed by atoms with E-state index in [1.54, 1.807) is 18.2 Å². The third-order valence-corrected chi connectivity index (χ3v) is 6.12. The van der Waals surface area contributed by atoms with Crippen LogP contribution < -0.4 is 14.2 Å². The molecule has 0 aliphatic carbocycles. The number of hydrogen-bond donors (Lipinski definition) is 0. The van der Waals surface area contributed by atoms with Crippen molar-refractivity contribution in [3.05, 3.63) is 94.0 Å². The highest BCUT2D eigenvalue weighted by molar-refractivity contribution is 6.15. The molecule has 34 heavy (non-hydrogen) atoms. The van der Waals surface area contributed by atoms with Gasteiger partial charge in [0.15, 0.2) is 5.76 Å². The Hall–Kier alpha value is -3.64. The molecule has 0 aromatic heterocycles. The van der Waals surface area contributed by atoms with Crippen molar-refractivity contribution in [3.63, 3.8) is 0 Å². The Kier molecular flexibility index (Phi) is 6.07. The summed E-state index contributed by atoms with van der Waals surface area (Å²) in [5.41, 5.74) is 4.32. The molecule has 6 heteroatoms. The van der Waals surface area contributed by atoms with Gasteiger partial charge in [0.2, 0.25) is 5.78 Å². The summed E-state index contributed by atoms with van der Waals surface area (Å²) in [6, 6.07) is 16.0. The minimum Gasteiger partial charge on any atom is -0.494 e. The molecule has 5 nitrogen and oxygen atoms in total. The fourth-order valence-corrected chi connectivity index (χ4v) is 4.36. The third kappa shape index (κ3) is 4.41. The van der Waals surface area contributed by atoms with Gasteiger partial charge in [0, 0.05) is 24.2 Å². The molecule has 0 bridgehead atoms. The fraction of sp³-hybridized carbons (Fsp3) is 0.250. The van der Waals surface area contributed by atoms with E-state index in [0.717, 1.165) is 46.7 Å². The van der Waals surface area contributed by atoms with Crippen LogP contribution in [0.4, 0.5) is 4.39 Å². The molecule has 0 saturated heterocycles. The van der Waals surface area contributed by atoms with E-state index in [1.165, 1.54) is 12.1 Å². The lowest BCUT2D eigenvalue weighted by molar-refractivity contribution is 0.0954. The molecule has 0 N–H and O–H groups in total. The first-order valence-corrected chi connectivity index (χ1v) is 11.4. The number of ketones is 1. The van der Waals surface area contributed by atoms with Gasteiger partial charge >= 0.3 is 0 Å². The smallest absolute Gasteiger partial charge is 0.231 e. The molecule has 2 heterocycles. The van der Waals surface area contributed by atoms with Gasteiger partial charge in [-0.15, -0.1) is 0 Å². The van der Waals surface area contributed by atoms with Gasteiger partial charge in [-0.25, -0.2) is 4.39 Å². The van der Waals surface area contributed by atoms with Crippen LogP contribution in [-0.4, -0.2) is 30.6 Å². The van der Waals surface area contributed by atoms with Crippen molar-refractivity contribution in [1.82, 2.24) is 4.90 Å². The maximum Gasteiger partial charge on any atom is 0.231 e. The number of nitrogens with zero attached hydrogens (tertiary/aromatic N) is 1. The van der Waals surface area contributed by atoms with Crippen LogP contribution in [0.2, 0.25) is 0 Å². The number of benzene rings is 3. The second kappa shape index (κ2) is 9.31. The van der Waals surface area contributed by atoms with Crippen LogP contribution in [0, 0.1) is 12.7 Å². The van der Waals surface area contributed by atoms with E-state index in [4.69, 9.17) is 14.2 Å². The second-order valence-electron chi connectivity index (χ2n) is 8.51. The van der Waals surface area contributed by atoms with E-state index in [1.807, 2.05) is 44.2 Å². The van der Waals surface area contributed by atoms with Crippen LogP contribution in [0.5, 0.6) is 17.2 Å². The average Bonchev–Trinajstić information content (AvgIpc) is 3.15. The molecule has 0 atom stereocenters. The monoisotopic (exact) mass is 459 g/mol. The number of ether oxygens (including phenoxy) is 3. The molecule has 0 radical (unpaired) electrons. The summed E-state index contributed by atoms with van der Waals surface area (Å²) in [5, 5.41) is 0. The molecular weight excluding hydrogens is 433 g/mol. The summed E-state index contributed by atoms with van der Waals surface area (Å²) < 4.78 is 30.7. The van der Waals surface area contributed by atoms with Gasteiger partial charge < -0.3 is 14.2 Å². The van der Waals surface area contributed by atoms with Gasteiger partial charge in [-0.3, -0.25) is 9.69 Å². The van der Waals surface area contributed by atoms with Gasteiger partial charge in [-0.1, -0.05) is 24.3 Å².